The number of thiazole rings is 1. The molecule has 1 N–H and O–H groups in total. The molecule has 27 heavy (non-hydrogen) atoms. The van der Waals surface area contributed by atoms with Crippen molar-refractivity contribution in [2.45, 2.75) is 19.8 Å². The molecule has 1 heterocycles. The first-order valence-corrected chi connectivity index (χ1v) is 9.84. The smallest absolute Gasteiger partial charge is 0.257 e. The summed E-state index contributed by atoms with van der Waals surface area (Å²) in [6, 6.07) is 22.3. The van der Waals surface area contributed by atoms with Gasteiger partial charge in [0.05, 0.1) is 5.69 Å². The molecule has 4 rings (SSSR count). The van der Waals surface area contributed by atoms with Crippen LogP contribution in [0, 0.1) is 0 Å². The molecule has 4 heteroatoms. The van der Waals surface area contributed by atoms with Crippen molar-refractivity contribution in [1.82, 2.24) is 4.98 Å². The van der Waals surface area contributed by atoms with Crippen molar-refractivity contribution in [2.24, 2.45) is 0 Å². The van der Waals surface area contributed by atoms with Gasteiger partial charge in [-0.1, -0.05) is 62.4 Å². The monoisotopic (exact) mass is 372 g/mol. The maximum atomic E-state index is 12.5. The minimum absolute atomic E-state index is 0.135. The number of hydrogen-bond acceptors (Lipinski definition) is 3. The Morgan fingerprint density at radius 1 is 0.963 bits per heavy atom. The molecular weight excluding hydrogens is 352 g/mol. The van der Waals surface area contributed by atoms with Gasteiger partial charge in [-0.25, -0.2) is 4.98 Å². The molecule has 0 spiro atoms. The molecule has 3 aromatic carbocycles. The Kier molecular flexibility index (Phi) is 4.73. The van der Waals surface area contributed by atoms with Crippen molar-refractivity contribution in [2.75, 3.05) is 5.32 Å². The van der Waals surface area contributed by atoms with Crippen LogP contribution in [-0.2, 0) is 0 Å². The third-order valence-electron chi connectivity index (χ3n) is 4.61. The lowest BCUT2D eigenvalue weighted by molar-refractivity contribution is 0.102. The fourth-order valence-electron chi connectivity index (χ4n) is 3.00. The first-order valence-electron chi connectivity index (χ1n) is 8.96. The quantitative estimate of drug-likeness (QED) is 0.454. The number of nitrogens with zero attached hydrogens (tertiary/aromatic N) is 1. The normalized spacial score (nSPS) is 11.1. The molecule has 4 aromatic rings. The minimum atomic E-state index is -0.135. The number of rotatable bonds is 4. The van der Waals surface area contributed by atoms with E-state index >= 15 is 0 Å². The molecule has 0 atom stereocenters. The Balaban J connectivity index is 1.52. The van der Waals surface area contributed by atoms with Gasteiger partial charge in [0, 0.05) is 16.5 Å². The van der Waals surface area contributed by atoms with E-state index in [4.69, 9.17) is 0 Å². The number of amides is 1. The molecule has 0 radical (unpaired) electrons. The third-order valence-corrected chi connectivity index (χ3v) is 5.37. The number of hydrogen-bond donors (Lipinski definition) is 1. The molecule has 0 saturated heterocycles. The molecule has 134 valence electrons. The van der Waals surface area contributed by atoms with Crippen LogP contribution in [0.1, 0.15) is 35.7 Å². The summed E-state index contributed by atoms with van der Waals surface area (Å²) in [5.74, 6) is 0.315. The van der Waals surface area contributed by atoms with E-state index in [0.717, 1.165) is 11.3 Å². The largest absolute Gasteiger partial charge is 0.298 e. The van der Waals surface area contributed by atoms with Crippen molar-refractivity contribution in [3.63, 3.8) is 0 Å². The van der Waals surface area contributed by atoms with E-state index in [0.29, 0.717) is 16.6 Å². The zero-order valence-corrected chi connectivity index (χ0v) is 16.1. The van der Waals surface area contributed by atoms with Crippen LogP contribution in [0.4, 0.5) is 5.13 Å². The Hall–Kier alpha value is -2.98. The number of anilines is 1. The summed E-state index contributed by atoms with van der Waals surface area (Å²) < 4.78 is 0. The second kappa shape index (κ2) is 7.33. The standard InChI is InChI=1S/C23H20N2OS/c1-15(2)16-7-10-18(11-8-16)22(26)25-23-24-21(14-27-23)20-12-9-17-5-3-4-6-19(17)13-20/h3-15H,1-2H3,(H,24,25,26). The highest BCUT2D eigenvalue weighted by Gasteiger charge is 2.11. The van der Waals surface area contributed by atoms with Crippen LogP contribution < -0.4 is 5.32 Å². The average molecular weight is 372 g/mol. The summed E-state index contributed by atoms with van der Waals surface area (Å²) >= 11 is 1.44. The average Bonchev–Trinajstić information content (AvgIpc) is 3.16. The summed E-state index contributed by atoms with van der Waals surface area (Å²) in [5, 5.41) is 7.87. The highest BCUT2D eigenvalue weighted by Crippen LogP contribution is 2.28. The number of aromatic nitrogens is 1. The fourth-order valence-corrected chi connectivity index (χ4v) is 3.72. The van der Waals surface area contributed by atoms with Gasteiger partial charge in [0.15, 0.2) is 5.13 Å². The highest BCUT2D eigenvalue weighted by atomic mass is 32.1. The predicted molar refractivity (Wildman–Crippen MR) is 114 cm³/mol. The molecule has 0 bridgehead atoms. The minimum Gasteiger partial charge on any atom is -0.298 e. The molecule has 1 amide bonds. The third kappa shape index (κ3) is 3.76. The van der Waals surface area contributed by atoms with Gasteiger partial charge in [-0.2, -0.15) is 0 Å². The number of benzene rings is 3. The zero-order valence-electron chi connectivity index (χ0n) is 15.3. The fraction of sp³-hybridized carbons (Fsp3) is 0.130. The lowest BCUT2D eigenvalue weighted by atomic mass is 10.0. The lowest BCUT2D eigenvalue weighted by Gasteiger charge is -2.06. The maximum absolute atomic E-state index is 12.5. The van der Waals surface area contributed by atoms with Crippen molar-refractivity contribution in [3.8, 4) is 11.3 Å². The van der Waals surface area contributed by atoms with Gasteiger partial charge in [0.25, 0.3) is 5.91 Å². The van der Waals surface area contributed by atoms with Gasteiger partial charge in [-0.15, -0.1) is 11.3 Å². The van der Waals surface area contributed by atoms with Crippen molar-refractivity contribution in [3.05, 3.63) is 83.2 Å². The topological polar surface area (TPSA) is 42.0 Å². The number of carbonyl (C=O) groups is 1. The van der Waals surface area contributed by atoms with Crippen LogP contribution in [0.5, 0.6) is 0 Å². The van der Waals surface area contributed by atoms with E-state index in [1.165, 1.54) is 27.7 Å². The summed E-state index contributed by atoms with van der Waals surface area (Å²) in [5.41, 5.74) is 3.78. The molecule has 0 aliphatic carbocycles. The van der Waals surface area contributed by atoms with Crippen LogP contribution >= 0.6 is 11.3 Å². The van der Waals surface area contributed by atoms with E-state index in [1.807, 2.05) is 41.8 Å². The number of carbonyl (C=O) groups excluding carboxylic acids is 1. The Morgan fingerprint density at radius 3 is 2.44 bits per heavy atom. The van der Waals surface area contributed by atoms with E-state index in [2.05, 4.69) is 54.5 Å². The van der Waals surface area contributed by atoms with Crippen molar-refractivity contribution >= 4 is 33.1 Å². The molecule has 0 unspecified atom stereocenters. The summed E-state index contributed by atoms with van der Waals surface area (Å²) in [4.78, 5) is 17.1. The maximum Gasteiger partial charge on any atom is 0.257 e. The number of fused-ring (bicyclic) bond motifs is 1. The van der Waals surface area contributed by atoms with Crippen LogP contribution in [0.2, 0.25) is 0 Å². The first-order chi connectivity index (χ1) is 13.1. The van der Waals surface area contributed by atoms with Gasteiger partial charge < -0.3 is 0 Å². The molecular formula is C23H20N2OS. The number of nitrogens with one attached hydrogen (secondary N) is 1. The zero-order chi connectivity index (χ0) is 18.8. The Morgan fingerprint density at radius 2 is 1.70 bits per heavy atom. The van der Waals surface area contributed by atoms with E-state index in [1.54, 1.807) is 0 Å². The molecule has 1 aromatic heterocycles. The molecule has 0 aliphatic heterocycles. The summed E-state index contributed by atoms with van der Waals surface area (Å²) in [6.07, 6.45) is 0. The Labute approximate surface area is 162 Å². The van der Waals surface area contributed by atoms with Crippen LogP contribution in [-0.4, -0.2) is 10.9 Å². The van der Waals surface area contributed by atoms with Crippen LogP contribution in [0.3, 0.4) is 0 Å². The van der Waals surface area contributed by atoms with E-state index in [-0.39, 0.29) is 5.91 Å². The Bertz CT molecular complexity index is 1100. The van der Waals surface area contributed by atoms with Crippen LogP contribution in [0.15, 0.2) is 72.1 Å². The van der Waals surface area contributed by atoms with Gasteiger partial charge in [-0.05, 0) is 40.5 Å². The molecule has 0 fully saturated rings. The van der Waals surface area contributed by atoms with Crippen molar-refractivity contribution in [1.29, 1.82) is 0 Å². The molecule has 0 saturated carbocycles. The highest BCUT2D eigenvalue weighted by molar-refractivity contribution is 7.14. The van der Waals surface area contributed by atoms with E-state index < -0.39 is 0 Å². The van der Waals surface area contributed by atoms with Gasteiger partial charge in [-0.3, -0.25) is 10.1 Å². The molecule has 3 nitrogen and oxygen atoms in total. The van der Waals surface area contributed by atoms with Crippen molar-refractivity contribution < 1.29 is 4.79 Å². The SMILES string of the molecule is CC(C)c1ccc(C(=O)Nc2nc(-c3ccc4ccccc4c3)cs2)cc1. The van der Waals surface area contributed by atoms with Crippen LogP contribution in [0.25, 0.3) is 22.0 Å². The lowest BCUT2D eigenvalue weighted by Crippen LogP contribution is -2.11. The summed E-state index contributed by atoms with van der Waals surface area (Å²) in [7, 11) is 0. The first kappa shape index (κ1) is 17.4. The van der Waals surface area contributed by atoms with Gasteiger partial charge >= 0.3 is 0 Å². The summed E-state index contributed by atoms with van der Waals surface area (Å²) in [6.45, 7) is 4.28. The molecule has 0 aliphatic rings. The predicted octanol–water partition coefficient (Wildman–Crippen LogP) is 6.34. The van der Waals surface area contributed by atoms with Gasteiger partial charge in [0.2, 0.25) is 0 Å². The second-order valence-corrected chi connectivity index (χ2v) is 7.69. The van der Waals surface area contributed by atoms with E-state index in [9.17, 15) is 4.79 Å². The second-order valence-electron chi connectivity index (χ2n) is 6.83. The van der Waals surface area contributed by atoms with Gasteiger partial charge in [0.1, 0.15) is 0 Å².